The Morgan fingerprint density at radius 1 is 1.53 bits per heavy atom. The summed E-state index contributed by atoms with van der Waals surface area (Å²) in [7, 11) is 0. The van der Waals surface area contributed by atoms with Crippen LogP contribution in [0.2, 0.25) is 0 Å². The van der Waals surface area contributed by atoms with Crippen LogP contribution in [0.1, 0.15) is 37.6 Å². The molecule has 0 bridgehead atoms. The predicted octanol–water partition coefficient (Wildman–Crippen LogP) is 2.84. The highest BCUT2D eigenvalue weighted by Crippen LogP contribution is 2.32. The van der Waals surface area contributed by atoms with Crippen LogP contribution in [0.25, 0.3) is 0 Å². The second-order valence-corrected chi connectivity index (χ2v) is 5.62. The maximum absolute atomic E-state index is 6.19. The summed E-state index contributed by atoms with van der Waals surface area (Å²) < 4.78 is 0. The van der Waals surface area contributed by atoms with E-state index >= 15 is 0 Å². The van der Waals surface area contributed by atoms with Crippen molar-refractivity contribution in [2.45, 2.75) is 45.1 Å². The van der Waals surface area contributed by atoms with Crippen molar-refractivity contribution in [2.75, 3.05) is 0 Å². The van der Waals surface area contributed by atoms with E-state index in [1.165, 1.54) is 30.7 Å². The van der Waals surface area contributed by atoms with Crippen molar-refractivity contribution in [3.8, 4) is 0 Å². The van der Waals surface area contributed by atoms with E-state index in [-0.39, 0.29) is 0 Å². The summed E-state index contributed by atoms with van der Waals surface area (Å²) in [6, 6.07) is 0.400. The molecule has 0 aromatic carbocycles. The molecule has 0 amide bonds. The minimum absolute atomic E-state index is 0.400. The van der Waals surface area contributed by atoms with Gasteiger partial charge in [0.1, 0.15) is 0 Å². The first-order valence-electron chi connectivity index (χ1n) is 5.93. The zero-order chi connectivity index (χ0) is 10.7. The Hall–Kier alpha value is -0.410. The van der Waals surface area contributed by atoms with Crippen molar-refractivity contribution in [2.24, 2.45) is 17.6 Å². The highest BCUT2D eigenvalue weighted by molar-refractivity contribution is 7.09. The molecule has 15 heavy (non-hydrogen) atoms. The molecule has 2 N–H and O–H groups in total. The first-order chi connectivity index (χ1) is 7.29. The van der Waals surface area contributed by atoms with Crippen LogP contribution in [0.4, 0.5) is 0 Å². The van der Waals surface area contributed by atoms with Crippen molar-refractivity contribution in [1.82, 2.24) is 4.98 Å². The Kier molecular flexibility index (Phi) is 3.76. The van der Waals surface area contributed by atoms with Crippen LogP contribution in [-0.2, 0) is 6.42 Å². The molecule has 1 aromatic rings. The summed E-state index contributed by atoms with van der Waals surface area (Å²) in [5.41, 5.74) is 6.19. The molecule has 3 atom stereocenters. The number of aromatic nitrogens is 1. The number of rotatable bonds is 3. The topological polar surface area (TPSA) is 38.9 Å². The van der Waals surface area contributed by atoms with Gasteiger partial charge in [0.05, 0.1) is 5.01 Å². The maximum atomic E-state index is 6.19. The molecule has 1 heterocycles. The maximum Gasteiger partial charge on any atom is 0.0928 e. The molecule has 1 saturated carbocycles. The monoisotopic (exact) mass is 224 g/mol. The van der Waals surface area contributed by atoms with E-state index in [0.717, 1.165) is 12.3 Å². The third kappa shape index (κ3) is 2.79. The van der Waals surface area contributed by atoms with E-state index in [1.54, 1.807) is 11.3 Å². The second kappa shape index (κ2) is 5.08. The Morgan fingerprint density at radius 2 is 2.40 bits per heavy atom. The van der Waals surface area contributed by atoms with E-state index in [0.29, 0.717) is 12.0 Å². The number of thiazole rings is 1. The molecule has 0 saturated heterocycles. The van der Waals surface area contributed by atoms with E-state index in [1.807, 2.05) is 6.20 Å². The third-order valence-corrected chi connectivity index (χ3v) is 4.45. The van der Waals surface area contributed by atoms with Crippen LogP contribution in [0.3, 0.4) is 0 Å². The summed E-state index contributed by atoms with van der Waals surface area (Å²) in [6.45, 7) is 2.29. The molecular formula is C12H20N2S. The van der Waals surface area contributed by atoms with Crippen molar-refractivity contribution < 1.29 is 0 Å². The normalized spacial score (nSPS) is 31.7. The van der Waals surface area contributed by atoms with E-state index in [2.05, 4.69) is 17.3 Å². The average Bonchev–Trinajstić information content (AvgIpc) is 2.74. The van der Waals surface area contributed by atoms with Crippen molar-refractivity contribution in [3.63, 3.8) is 0 Å². The smallest absolute Gasteiger partial charge is 0.0928 e. The molecule has 0 spiro atoms. The van der Waals surface area contributed by atoms with Gasteiger partial charge < -0.3 is 5.73 Å². The van der Waals surface area contributed by atoms with Gasteiger partial charge in [0.25, 0.3) is 0 Å². The first-order valence-corrected chi connectivity index (χ1v) is 6.81. The summed E-state index contributed by atoms with van der Waals surface area (Å²) in [5.74, 6) is 1.56. The average molecular weight is 224 g/mol. The third-order valence-electron chi connectivity index (χ3n) is 3.65. The van der Waals surface area contributed by atoms with Gasteiger partial charge in [-0.3, -0.25) is 0 Å². The van der Waals surface area contributed by atoms with Crippen LogP contribution < -0.4 is 5.73 Å². The van der Waals surface area contributed by atoms with E-state index < -0.39 is 0 Å². The Morgan fingerprint density at radius 3 is 3.07 bits per heavy atom. The molecule has 2 rings (SSSR count). The van der Waals surface area contributed by atoms with E-state index in [9.17, 15) is 0 Å². The Balaban J connectivity index is 1.94. The molecule has 1 aliphatic rings. The summed E-state index contributed by atoms with van der Waals surface area (Å²) in [6.07, 6.45) is 8.12. The number of nitrogens with zero attached hydrogens (tertiary/aromatic N) is 1. The Labute approximate surface area is 95.9 Å². The van der Waals surface area contributed by atoms with Gasteiger partial charge in [-0.05, 0) is 31.1 Å². The molecule has 1 aliphatic carbocycles. The fourth-order valence-corrected chi connectivity index (χ4v) is 3.28. The van der Waals surface area contributed by atoms with Crippen LogP contribution in [0, 0.1) is 11.8 Å². The lowest BCUT2D eigenvalue weighted by Crippen LogP contribution is -2.37. The molecule has 0 radical (unpaired) electrons. The highest BCUT2D eigenvalue weighted by Gasteiger charge is 2.27. The van der Waals surface area contributed by atoms with Gasteiger partial charge in [-0.2, -0.15) is 0 Å². The second-order valence-electron chi connectivity index (χ2n) is 4.64. The molecule has 84 valence electrons. The van der Waals surface area contributed by atoms with Gasteiger partial charge in [-0.25, -0.2) is 4.98 Å². The quantitative estimate of drug-likeness (QED) is 0.857. The fourth-order valence-electron chi connectivity index (χ4n) is 2.57. The van der Waals surface area contributed by atoms with Gasteiger partial charge in [0, 0.05) is 24.0 Å². The Bertz CT molecular complexity index is 284. The van der Waals surface area contributed by atoms with Crippen molar-refractivity contribution in [3.05, 3.63) is 16.6 Å². The molecule has 1 aromatic heterocycles. The molecule has 3 unspecified atom stereocenters. The molecule has 0 aliphatic heterocycles. The zero-order valence-corrected chi connectivity index (χ0v) is 10.2. The van der Waals surface area contributed by atoms with E-state index in [4.69, 9.17) is 5.73 Å². The van der Waals surface area contributed by atoms with Gasteiger partial charge in [-0.1, -0.05) is 13.3 Å². The minimum Gasteiger partial charge on any atom is -0.327 e. The van der Waals surface area contributed by atoms with Gasteiger partial charge >= 0.3 is 0 Å². The number of hydrogen-bond acceptors (Lipinski definition) is 3. The minimum atomic E-state index is 0.400. The van der Waals surface area contributed by atoms with Gasteiger partial charge in [0.15, 0.2) is 0 Å². The van der Waals surface area contributed by atoms with Crippen molar-refractivity contribution in [1.29, 1.82) is 0 Å². The van der Waals surface area contributed by atoms with Crippen molar-refractivity contribution >= 4 is 11.3 Å². The standard InChI is InChI=1S/C12H20N2S/c1-2-9-3-4-11(13)10(7-9)8-12-14-5-6-15-12/h5-6,9-11H,2-4,7-8,13H2,1H3. The molecule has 3 heteroatoms. The highest BCUT2D eigenvalue weighted by atomic mass is 32.1. The lowest BCUT2D eigenvalue weighted by atomic mass is 9.76. The zero-order valence-electron chi connectivity index (χ0n) is 9.36. The van der Waals surface area contributed by atoms with Crippen LogP contribution in [0.5, 0.6) is 0 Å². The lowest BCUT2D eigenvalue weighted by molar-refractivity contribution is 0.227. The molecule has 2 nitrogen and oxygen atoms in total. The van der Waals surface area contributed by atoms with Crippen LogP contribution >= 0.6 is 11.3 Å². The molecular weight excluding hydrogens is 204 g/mol. The van der Waals surface area contributed by atoms with Gasteiger partial charge in [-0.15, -0.1) is 11.3 Å². The summed E-state index contributed by atoms with van der Waals surface area (Å²) >= 11 is 1.76. The van der Waals surface area contributed by atoms with Crippen LogP contribution in [0.15, 0.2) is 11.6 Å². The summed E-state index contributed by atoms with van der Waals surface area (Å²) in [4.78, 5) is 4.36. The number of hydrogen-bond donors (Lipinski definition) is 1. The SMILES string of the molecule is CCC1CCC(N)C(Cc2nccs2)C1. The molecule has 1 fully saturated rings. The predicted molar refractivity (Wildman–Crippen MR) is 64.9 cm³/mol. The number of nitrogens with two attached hydrogens (primary N) is 1. The first kappa shape index (κ1) is 11.1. The fraction of sp³-hybridized carbons (Fsp3) is 0.750. The van der Waals surface area contributed by atoms with Crippen LogP contribution in [-0.4, -0.2) is 11.0 Å². The van der Waals surface area contributed by atoms with Gasteiger partial charge in [0.2, 0.25) is 0 Å². The largest absolute Gasteiger partial charge is 0.327 e. The summed E-state index contributed by atoms with van der Waals surface area (Å²) in [5, 5.41) is 3.31. The lowest BCUT2D eigenvalue weighted by Gasteiger charge is -2.33.